The average Bonchev–Trinajstić information content (AvgIpc) is 2.97. The van der Waals surface area contributed by atoms with Gasteiger partial charge in [0.2, 0.25) is 10.0 Å². The Labute approximate surface area is 119 Å². The van der Waals surface area contributed by atoms with E-state index < -0.39 is 26.7 Å². The summed E-state index contributed by atoms with van der Waals surface area (Å²) in [5.74, 6) is -0.864. The van der Waals surface area contributed by atoms with Gasteiger partial charge in [-0.25, -0.2) is 12.7 Å². The summed E-state index contributed by atoms with van der Waals surface area (Å²) in [5.41, 5.74) is -0.845. The topological polar surface area (TPSA) is 83.9 Å². The number of carboxylic acids is 1. The van der Waals surface area contributed by atoms with Crippen molar-refractivity contribution in [1.82, 2.24) is 4.31 Å². The smallest absolute Gasteiger partial charge is 0.311 e. The summed E-state index contributed by atoms with van der Waals surface area (Å²) in [6, 6.07) is 0. The van der Waals surface area contributed by atoms with Gasteiger partial charge < -0.3 is 9.84 Å². The van der Waals surface area contributed by atoms with Crippen LogP contribution in [0.1, 0.15) is 32.1 Å². The van der Waals surface area contributed by atoms with E-state index in [1.165, 1.54) is 4.31 Å². The van der Waals surface area contributed by atoms with Crippen LogP contribution in [0.25, 0.3) is 0 Å². The van der Waals surface area contributed by atoms with Crippen LogP contribution in [0.2, 0.25) is 0 Å². The highest BCUT2D eigenvalue weighted by molar-refractivity contribution is 7.89. The third kappa shape index (κ3) is 2.07. The summed E-state index contributed by atoms with van der Waals surface area (Å²) >= 11 is 0. The molecule has 1 aliphatic carbocycles. The minimum Gasteiger partial charge on any atom is -0.481 e. The number of hydrogen-bond donors (Lipinski definition) is 1. The Hall–Kier alpha value is -0.660. The number of nitrogens with zero attached hydrogens (tertiary/aromatic N) is 1. The first kappa shape index (κ1) is 14.3. The van der Waals surface area contributed by atoms with Crippen molar-refractivity contribution in [2.75, 3.05) is 26.3 Å². The number of aliphatic carboxylic acids is 1. The predicted octanol–water partition coefficient (Wildman–Crippen LogP) is 0.682. The highest BCUT2D eigenvalue weighted by Crippen LogP contribution is 2.50. The largest absolute Gasteiger partial charge is 0.481 e. The molecule has 0 radical (unpaired) electrons. The Morgan fingerprint density at radius 3 is 2.70 bits per heavy atom. The molecule has 0 aromatic heterocycles. The molecular weight excluding hydrogens is 282 g/mol. The molecule has 2 saturated heterocycles. The van der Waals surface area contributed by atoms with Crippen LogP contribution in [0.4, 0.5) is 0 Å². The molecular formula is C13H21NO5S. The van der Waals surface area contributed by atoms with Crippen molar-refractivity contribution in [2.45, 2.75) is 37.4 Å². The monoisotopic (exact) mass is 303 g/mol. The molecule has 2 aliphatic heterocycles. The van der Waals surface area contributed by atoms with Gasteiger partial charge in [0.25, 0.3) is 0 Å². The maximum Gasteiger partial charge on any atom is 0.311 e. The van der Waals surface area contributed by atoms with Crippen molar-refractivity contribution in [3.8, 4) is 0 Å². The van der Waals surface area contributed by atoms with Gasteiger partial charge in [-0.3, -0.25) is 4.79 Å². The second kappa shape index (κ2) is 4.96. The van der Waals surface area contributed by atoms with Gasteiger partial charge in [-0.2, -0.15) is 0 Å². The Kier molecular flexibility index (Phi) is 3.54. The van der Waals surface area contributed by atoms with Crippen LogP contribution in [-0.4, -0.2) is 55.4 Å². The van der Waals surface area contributed by atoms with E-state index in [2.05, 4.69) is 0 Å². The average molecular weight is 303 g/mol. The molecule has 20 heavy (non-hydrogen) atoms. The fourth-order valence-electron chi connectivity index (χ4n) is 3.94. The summed E-state index contributed by atoms with van der Waals surface area (Å²) in [4.78, 5) is 11.6. The van der Waals surface area contributed by atoms with Crippen LogP contribution in [0, 0.1) is 11.3 Å². The van der Waals surface area contributed by atoms with E-state index in [-0.39, 0.29) is 19.1 Å². The molecule has 3 fully saturated rings. The van der Waals surface area contributed by atoms with E-state index in [9.17, 15) is 18.3 Å². The number of carboxylic acid groups (broad SMARTS) is 1. The number of carbonyl (C=O) groups is 1. The second-order valence-electron chi connectivity index (χ2n) is 6.23. The lowest BCUT2D eigenvalue weighted by atomic mass is 9.81. The van der Waals surface area contributed by atoms with Gasteiger partial charge in [-0.05, 0) is 31.6 Å². The van der Waals surface area contributed by atoms with Crippen molar-refractivity contribution < 1.29 is 23.1 Å². The Morgan fingerprint density at radius 1 is 1.30 bits per heavy atom. The molecule has 3 aliphatic rings. The molecule has 6 nitrogen and oxygen atoms in total. The second-order valence-corrected chi connectivity index (χ2v) is 8.44. The number of hydrogen-bond acceptors (Lipinski definition) is 4. The maximum absolute atomic E-state index is 12.6. The Balaban J connectivity index is 1.81. The van der Waals surface area contributed by atoms with E-state index in [4.69, 9.17) is 4.74 Å². The zero-order valence-electron chi connectivity index (χ0n) is 11.5. The predicted molar refractivity (Wildman–Crippen MR) is 71.7 cm³/mol. The van der Waals surface area contributed by atoms with Gasteiger partial charge >= 0.3 is 5.97 Å². The van der Waals surface area contributed by atoms with Crippen molar-refractivity contribution in [3.05, 3.63) is 0 Å². The van der Waals surface area contributed by atoms with Crippen LogP contribution in [0.3, 0.4) is 0 Å². The first-order valence-corrected chi connectivity index (χ1v) is 8.77. The van der Waals surface area contributed by atoms with Gasteiger partial charge in [0.05, 0.1) is 17.3 Å². The summed E-state index contributed by atoms with van der Waals surface area (Å²) in [6.07, 6.45) is 3.67. The number of rotatable bonds is 3. The van der Waals surface area contributed by atoms with Crippen molar-refractivity contribution >= 4 is 16.0 Å². The van der Waals surface area contributed by atoms with Crippen LogP contribution in [0.5, 0.6) is 0 Å². The van der Waals surface area contributed by atoms with Gasteiger partial charge in [0, 0.05) is 19.7 Å². The molecule has 3 rings (SSSR count). The minimum absolute atomic E-state index is 0.0284. The normalized spacial score (nSPS) is 38.8. The standard InChI is InChI=1S/C13H21NO5S/c15-12(16)13-5-1-3-10(13)7-14(9-13)20(17,18)11-4-2-6-19-8-11/h10-11H,1-9H2,(H,15,16)/t10-,11?,13+/m0/s1. The first-order chi connectivity index (χ1) is 9.47. The molecule has 7 heteroatoms. The van der Waals surface area contributed by atoms with Crippen molar-refractivity contribution in [2.24, 2.45) is 11.3 Å². The molecule has 0 aromatic carbocycles. The van der Waals surface area contributed by atoms with E-state index in [1.54, 1.807) is 0 Å². The van der Waals surface area contributed by atoms with Gasteiger partial charge in [-0.15, -0.1) is 0 Å². The lowest BCUT2D eigenvalue weighted by molar-refractivity contribution is -0.149. The summed E-state index contributed by atoms with van der Waals surface area (Å²) in [6.45, 7) is 1.37. The molecule has 0 bridgehead atoms. The van der Waals surface area contributed by atoms with Gasteiger partial charge in [0.15, 0.2) is 0 Å². The molecule has 1 unspecified atom stereocenters. The van der Waals surface area contributed by atoms with E-state index in [0.717, 1.165) is 19.3 Å². The van der Waals surface area contributed by atoms with E-state index in [1.807, 2.05) is 0 Å². The number of sulfonamides is 1. The zero-order valence-corrected chi connectivity index (χ0v) is 12.3. The Morgan fingerprint density at radius 2 is 2.10 bits per heavy atom. The zero-order chi connectivity index (χ0) is 14.4. The molecule has 0 spiro atoms. The van der Waals surface area contributed by atoms with Gasteiger partial charge in [0.1, 0.15) is 0 Å². The van der Waals surface area contributed by atoms with Crippen molar-refractivity contribution in [1.29, 1.82) is 0 Å². The number of ether oxygens (including phenoxy) is 1. The lowest BCUT2D eigenvalue weighted by Crippen LogP contribution is -2.43. The quantitative estimate of drug-likeness (QED) is 0.829. The van der Waals surface area contributed by atoms with Crippen LogP contribution in [0.15, 0.2) is 0 Å². The third-order valence-corrected chi connectivity index (χ3v) is 7.38. The van der Waals surface area contributed by atoms with Crippen LogP contribution in [-0.2, 0) is 19.6 Å². The molecule has 114 valence electrons. The van der Waals surface area contributed by atoms with E-state index in [0.29, 0.717) is 26.0 Å². The maximum atomic E-state index is 12.6. The molecule has 0 aromatic rings. The first-order valence-electron chi connectivity index (χ1n) is 7.27. The lowest BCUT2D eigenvalue weighted by Gasteiger charge is -2.28. The summed E-state index contributed by atoms with van der Waals surface area (Å²) in [7, 11) is -3.43. The molecule has 2 heterocycles. The Bertz CT molecular complexity index is 499. The summed E-state index contributed by atoms with van der Waals surface area (Å²) in [5, 5.41) is 9.02. The molecule has 1 N–H and O–H groups in total. The minimum atomic E-state index is -3.43. The molecule has 3 atom stereocenters. The van der Waals surface area contributed by atoms with Gasteiger partial charge in [-0.1, -0.05) is 6.42 Å². The van der Waals surface area contributed by atoms with Crippen LogP contribution >= 0.6 is 0 Å². The fourth-order valence-corrected chi connectivity index (χ4v) is 5.90. The van der Waals surface area contributed by atoms with Crippen LogP contribution < -0.4 is 0 Å². The third-order valence-electron chi connectivity index (χ3n) is 5.17. The molecule has 0 amide bonds. The fraction of sp³-hybridized carbons (Fsp3) is 0.923. The van der Waals surface area contributed by atoms with E-state index >= 15 is 0 Å². The highest BCUT2D eigenvalue weighted by atomic mass is 32.2. The SMILES string of the molecule is O=C(O)[C@@]12CCC[C@H]1CN(S(=O)(=O)C1CCCOC1)C2. The number of fused-ring (bicyclic) bond motifs is 1. The van der Waals surface area contributed by atoms with Crippen molar-refractivity contribution in [3.63, 3.8) is 0 Å². The highest BCUT2D eigenvalue weighted by Gasteiger charge is 2.57. The summed E-state index contributed by atoms with van der Waals surface area (Å²) < 4.78 is 32.0. The molecule has 1 saturated carbocycles.